The van der Waals surface area contributed by atoms with Crippen LogP contribution in [-0.2, 0) is 25.5 Å². The lowest BCUT2D eigenvalue weighted by molar-refractivity contribution is -0.139. The summed E-state index contributed by atoms with van der Waals surface area (Å²) in [5, 5.41) is 4.21. The van der Waals surface area contributed by atoms with Crippen molar-refractivity contribution in [2.45, 2.75) is 13.0 Å². The number of anilines is 1. The fourth-order valence-corrected chi connectivity index (χ4v) is 2.56. The Morgan fingerprint density at radius 2 is 2.07 bits per heavy atom. The van der Waals surface area contributed by atoms with Gasteiger partial charge < -0.3 is 14.2 Å². The van der Waals surface area contributed by atoms with Gasteiger partial charge in [0.1, 0.15) is 5.75 Å². The predicted octanol–water partition coefficient (Wildman–Crippen LogP) is 2.26. The molecule has 0 saturated heterocycles. The predicted molar refractivity (Wildman–Crippen MR) is 89.8 cm³/mol. The second-order valence-electron chi connectivity index (χ2n) is 4.93. The van der Waals surface area contributed by atoms with Gasteiger partial charge in [-0.15, -0.1) is 11.3 Å². The van der Waals surface area contributed by atoms with Crippen LogP contribution in [0.4, 0.5) is 13.9 Å². The van der Waals surface area contributed by atoms with Crippen molar-refractivity contribution in [2.75, 3.05) is 19.0 Å². The van der Waals surface area contributed by atoms with Crippen LogP contribution in [0, 0.1) is 0 Å². The van der Waals surface area contributed by atoms with Crippen molar-refractivity contribution in [1.29, 1.82) is 0 Å². The Balaban J connectivity index is 1.84. The molecule has 0 unspecified atom stereocenters. The largest absolute Gasteiger partial charge is 0.469 e. The Hall–Kier alpha value is -3.08. The Kier molecular flexibility index (Phi) is 7.17. The fraction of sp³-hybridized carbons (Fsp3) is 0.250. The van der Waals surface area contributed by atoms with Gasteiger partial charge in [0.15, 0.2) is 11.7 Å². The molecule has 0 bridgehead atoms. The highest BCUT2D eigenvalue weighted by Gasteiger charge is 2.14. The molecule has 11 heteroatoms. The number of hydrogen-bond donors (Lipinski definition) is 1. The number of aromatic nitrogens is 1. The number of halogens is 2. The Morgan fingerprint density at radius 1 is 1.30 bits per heavy atom. The number of esters is 2. The summed E-state index contributed by atoms with van der Waals surface area (Å²) in [4.78, 5) is 38.9. The number of nitrogens with one attached hydrogen (secondary N) is 1. The number of nitrogens with zero attached hydrogens (tertiary/aromatic N) is 1. The van der Waals surface area contributed by atoms with Crippen molar-refractivity contribution in [3.8, 4) is 5.75 Å². The number of carbonyl (C=O) groups excluding carboxylic acids is 3. The van der Waals surface area contributed by atoms with Crippen LogP contribution in [0.1, 0.15) is 16.1 Å². The summed E-state index contributed by atoms with van der Waals surface area (Å²) < 4.78 is 37.9. The normalized spacial score (nSPS) is 10.4. The lowest BCUT2D eigenvalue weighted by atomic mass is 10.2. The SMILES string of the molecule is COC(=O)Cc1csc(NC(=O)COC(=O)c2cccc(OC(F)F)c2)n1. The lowest BCUT2D eigenvalue weighted by Gasteiger charge is -2.07. The standard InChI is InChI=1S/C16H14F2N2O6S/c1-24-13(22)6-10-8-27-16(19-10)20-12(21)7-25-14(23)9-3-2-4-11(5-9)26-15(17)18/h2-5,8,15H,6-7H2,1H3,(H,19,20,21). The second kappa shape index (κ2) is 9.57. The van der Waals surface area contributed by atoms with E-state index in [0.29, 0.717) is 5.69 Å². The first-order valence-corrected chi connectivity index (χ1v) is 8.28. The summed E-state index contributed by atoms with van der Waals surface area (Å²) >= 11 is 1.09. The van der Waals surface area contributed by atoms with E-state index in [1.807, 2.05) is 0 Å². The molecule has 0 aliphatic rings. The number of amides is 1. The van der Waals surface area contributed by atoms with Gasteiger partial charge in [-0.2, -0.15) is 8.78 Å². The average Bonchev–Trinajstić information content (AvgIpc) is 3.05. The Morgan fingerprint density at radius 3 is 2.78 bits per heavy atom. The molecule has 0 aliphatic heterocycles. The van der Waals surface area contributed by atoms with Crippen LogP contribution in [0.2, 0.25) is 0 Å². The summed E-state index contributed by atoms with van der Waals surface area (Å²) in [5.41, 5.74) is 0.380. The van der Waals surface area contributed by atoms with Gasteiger partial charge in [0.2, 0.25) is 0 Å². The maximum Gasteiger partial charge on any atom is 0.387 e. The molecule has 0 radical (unpaired) electrons. The Bertz CT molecular complexity index is 827. The second-order valence-corrected chi connectivity index (χ2v) is 5.79. The minimum Gasteiger partial charge on any atom is -0.469 e. The van der Waals surface area contributed by atoms with Crippen LogP contribution >= 0.6 is 11.3 Å². The molecule has 144 valence electrons. The maximum atomic E-state index is 12.2. The molecule has 1 aromatic carbocycles. The van der Waals surface area contributed by atoms with Crippen LogP contribution in [0.15, 0.2) is 29.6 Å². The fourth-order valence-electron chi connectivity index (χ4n) is 1.83. The summed E-state index contributed by atoms with van der Waals surface area (Å²) in [5.74, 6) is -2.20. The maximum absolute atomic E-state index is 12.2. The van der Waals surface area contributed by atoms with E-state index in [4.69, 9.17) is 4.74 Å². The van der Waals surface area contributed by atoms with Gasteiger partial charge in [-0.05, 0) is 18.2 Å². The summed E-state index contributed by atoms with van der Waals surface area (Å²) in [7, 11) is 1.25. The molecular weight excluding hydrogens is 386 g/mol. The van der Waals surface area contributed by atoms with E-state index in [1.54, 1.807) is 5.38 Å². The number of ether oxygens (including phenoxy) is 3. The van der Waals surface area contributed by atoms with Crippen molar-refractivity contribution >= 4 is 34.3 Å². The van der Waals surface area contributed by atoms with Gasteiger partial charge in [-0.1, -0.05) is 6.07 Å². The quantitative estimate of drug-likeness (QED) is 0.678. The highest BCUT2D eigenvalue weighted by molar-refractivity contribution is 7.13. The van der Waals surface area contributed by atoms with Crippen molar-refractivity contribution in [3.63, 3.8) is 0 Å². The average molecular weight is 400 g/mol. The first-order valence-electron chi connectivity index (χ1n) is 7.40. The van der Waals surface area contributed by atoms with Gasteiger partial charge in [0.25, 0.3) is 5.91 Å². The highest BCUT2D eigenvalue weighted by Crippen LogP contribution is 2.17. The van der Waals surface area contributed by atoms with E-state index in [-0.39, 0.29) is 22.9 Å². The molecule has 2 rings (SSSR count). The number of benzene rings is 1. The minimum atomic E-state index is -3.02. The third kappa shape index (κ3) is 6.62. The van der Waals surface area contributed by atoms with Crippen LogP contribution in [-0.4, -0.2) is 43.2 Å². The number of carbonyl (C=O) groups is 3. The van der Waals surface area contributed by atoms with Gasteiger partial charge >= 0.3 is 18.6 Å². The highest BCUT2D eigenvalue weighted by atomic mass is 32.1. The van der Waals surface area contributed by atoms with E-state index in [0.717, 1.165) is 17.4 Å². The molecule has 0 atom stereocenters. The molecule has 2 aromatic rings. The molecule has 27 heavy (non-hydrogen) atoms. The van der Waals surface area contributed by atoms with E-state index in [1.165, 1.54) is 25.3 Å². The number of rotatable bonds is 8. The monoisotopic (exact) mass is 400 g/mol. The van der Waals surface area contributed by atoms with Gasteiger partial charge in [0.05, 0.1) is 24.8 Å². The van der Waals surface area contributed by atoms with Crippen LogP contribution in [0.25, 0.3) is 0 Å². The van der Waals surface area contributed by atoms with Gasteiger partial charge in [-0.25, -0.2) is 9.78 Å². The Labute approximate surface area is 156 Å². The van der Waals surface area contributed by atoms with E-state index in [2.05, 4.69) is 19.8 Å². The molecule has 0 fully saturated rings. The molecule has 0 saturated carbocycles. The van der Waals surface area contributed by atoms with Gasteiger partial charge in [-0.3, -0.25) is 14.9 Å². The first-order chi connectivity index (χ1) is 12.9. The van der Waals surface area contributed by atoms with E-state index >= 15 is 0 Å². The third-order valence-corrected chi connectivity index (χ3v) is 3.79. The summed E-state index contributed by atoms with van der Waals surface area (Å²) in [6.07, 6.45) is -0.0329. The van der Waals surface area contributed by atoms with E-state index < -0.39 is 31.1 Å². The molecule has 1 N–H and O–H groups in total. The van der Waals surface area contributed by atoms with Crippen LogP contribution < -0.4 is 10.1 Å². The molecule has 1 aromatic heterocycles. The first kappa shape index (κ1) is 20.2. The van der Waals surface area contributed by atoms with Crippen molar-refractivity contribution < 1.29 is 37.4 Å². The van der Waals surface area contributed by atoms with Gasteiger partial charge in [0, 0.05) is 5.38 Å². The molecule has 0 aliphatic carbocycles. The molecule has 8 nitrogen and oxygen atoms in total. The number of methoxy groups -OCH3 is 1. The third-order valence-electron chi connectivity index (χ3n) is 2.98. The summed E-state index contributed by atoms with van der Waals surface area (Å²) in [6, 6.07) is 5.00. The van der Waals surface area contributed by atoms with Crippen molar-refractivity contribution in [2.24, 2.45) is 0 Å². The van der Waals surface area contributed by atoms with Crippen LogP contribution in [0.3, 0.4) is 0 Å². The van der Waals surface area contributed by atoms with E-state index in [9.17, 15) is 23.2 Å². The van der Waals surface area contributed by atoms with Crippen molar-refractivity contribution in [1.82, 2.24) is 4.98 Å². The summed E-state index contributed by atoms with van der Waals surface area (Å²) in [6.45, 7) is -3.63. The zero-order valence-electron chi connectivity index (χ0n) is 13.9. The molecule has 0 spiro atoms. The number of thiazole rings is 1. The topological polar surface area (TPSA) is 104 Å². The zero-order valence-corrected chi connectivity index (χ0v) is 14.8. The lowest BCUT2D eigenvalue weighted by Crippen LogP contribution is -2.21. The zero-order chi connectivity index (χ0) is 19.8. The van der Waals surface area contributed by atoms with Crippen LogP contribution in [0.5, 0.6) is 5.75 Å². The number of hydrogen-bond acceptors (Lipinski definition) is 8. The molecule has 1 heterocycles. The molecule has 1 amide bonds. The number of alkyl halides is 2. The van der Waals surface area contributed by atoms with Crippen molar-refractivity contribution in [3.05, 3.63) is 40.9 Å². The minimum absolute atomic E-state index is 0.0329. The molecular formula is C16H14F2N2O6S. The smallest absolute Gasteiger partial charge is 0.387 e.